The Labute approximate surface area is 134 Å². The van der Waals surface area contributed by atoms with E-state index in [4.69, 9.17) is 0 Å². The van der Waals surface area contributed by atoms with Gasteiger partial charge in [0.2, 0.25) is 0 Å². The fourth-order valence-corrected chi connectivity index (χ4v) is 4.70. The molecule has 4 rings (SSSR count). The fourth-order valence-electron chi connectivity index (χ4n) is 4.70. The zero-order valence-electron chi connectivity index (χ0n) is 13.7. The Bertz CT molecular complexity index is 688. The second-order valence-electron chi connectivity index (χ2n) is 7.42. The Morgan fingerprint density at radius 2 is 1.59 bits per heavy atom. The van der Waals surface area contributed by atoms with Crippen LogP contribution < -0.4 is 0 Å². The van der Waals surface area contributed by atoms with E-state index in [9.17, 15) is 0 Å². The summed E-state index contributed by atoms with van der Waals surface area (Å²) < 4.78 is 0. The molecule has 1 unspecified atom stereocenters. The van der Waals surface area contributed by atoms with E-state index in [1.807, 2.05) is 0 Å². The van der Waals surface area contributed by atoms with Crippen molar-refractivity contribution in [3.63, 3.8) is 0 Å². The maximum absolute atomic E-state index is 2.42. The van der Waals surface area contributed by atoms with Crippen molar-refractivity contribution in [3.8, 4) is 0 Å². The van der Waals surface area contributed by atoms with Gasteiger partial charge in [0, 0.05) is 11.5 Å². The second kappa shape index (κ2) is 5.24. The highest BCUT2D eigenvalue weighted by Crippen LogP contribution is 2.48. The van der Waals surface area contributed by atoms with E-state index >= 15 is 0 Å². The van der Waals surface area contributed by atoms with Crippen LogP contribution in [0.25, 0.3) is 0 Å². The van der Waals surface area contributed by atoms with Gasteiger partial charge in [-0.15, -0.1) is 0 Å². The first-order valence-electron chi connectivity index (χ1n) is 8.50. The number of nitrogens with zero attached hydrogens (tertiary/aromatic N) is 1. The molecular formula is C21H25N. The molecule has 0 heterocycles. The molecule has 2 aliphatic rings. The van der Waals surface area contributed by atoms with Gasteiger partial charge in [0.05, 0.1) is 0 Å². The van der Waals surface area contributed by atoms with Crippen LogP contribution in [0.2, 0.25) is 0 Å². The van der Waals surface area contributed by atoms with Crippen molar-refractivity contribution in [1.82, 2.24) is 4.90 Å². The van der Waals surface area contributed by atoms with E-state index < -0.39 is 0 Å². The average molecular weight is 291 g/mol. The van der Waals surface area contributed by atoms with E-state index in [0.29, 0.717) is 5.41 Å². The molecule has 1 saturated carbocycles. The Hall–Kier alpha value is -1.60. The van der Waals surface area contributed by atoms with Crippen LogP contribution in [0, 0.1) is 0 Å². The van der Waals surface area contributed by atoms with Crippen molar-refractivity contribution in [2.45, 2.75) is 43.6 Å². The summed E-state index contributed by atoms with van der Waals surface area (Å²) in [5.41, 5.74) is 6.61. The first-order chi connectivity index (χ1) is 10.7. The summed E-state index contributed by atoms with van der Waals surface area (Å²) in [7, 11) is 4.47. The van der Waals surface area contributed by atoms with Crippen LogP contribution in [0.1, 0.15) is 41.5 Å². The van der Waals surface area contributed by atoms with Crippen LogP contribution in [0.5, 0.6) is 0 Å². The number of fused-ring (bicyclic) bond motifs is 3. The minimum Gasteiger partial charge on any atom is -0.306 e. The Morgan fingerprint density at radius 1 is 0.909 bits per heavy atom. The minimum absolute atomic E-state index is 0.345. The molecule has 0 radical (unpaired) electrons. The molecule has 1 spiro atoms. The Balaban J connectivity index is 1.84. The SMILES string of the molecule is CN(C)[C@H]1CCC2(Cc3ccccc3Cc3ccccc32)C1. The Kier molecular flexibility index (Phi) is 3.34. The lowest BCUT2D eigenvalue weighted by atomic mass is 9.73. The summed E-state index contributed by atoms with van der Waals surface area (Å²) in [6.45, 7) is 0. The van der Waals surface area contributed by atoms with E-state index in [-0.39, 0.29) is 0 Å². The highest BCUT2D eigenvalue weighted by Gasteiger charge is 2.43. The molecule has 0 aromatic heterocycles. The maximum Gasteiger partial charge on any atom is 0.00980 e. The fraction of sp³-hybridized carbons (Fsp3) is 0.429. The molecule has 2 atom stereocenters. The molecule has 2 aromatic carbocycles. The van der Waals surface area contributed by atoms with Crippen LogP contribution in [-0.4, -0.2) is 25.0 Å². The van der Waals surface area contributed by atoms with Gasteiger partial charge in [0.1, 0.15) is 0 Å². The van der Waals surface area contributed by atoms with Crippen molar-refractivity contribution in [1.29, 1.82) is 0 Å². The predicted molar refractivity (Wildman–Crippen MR) is 92.4 cm³/mol. The Morgan fingerprint density at radius 3 is 2.32 bits per heavy atom. The first-order valence-corrected chi connectivity index (χ1v) is 8.50. The van der Waals surface area contributed by atoms with Gasteiger partial charge in [-0.3, -0.25) is 0 Å². The summed E-state index contributed by atoms with van der Waals surface area (Å²) >= 11 is 0. The highest BCUT2D eigenvalue weighted by molar-refractivity contribution is 5.46. The molecule has 1 nitrogen and oxygen atoms in total. The molecule has 2 aliphatic carbocycles. The van der Waals surface area contributed by atoms with Crippen molar-refractivity contribution in [2.75, 3.05) is 14.1 Å². The molecule has 1 heteroatoms. The second-order valence-corrected chi connectivity index (χ2v) is 7.42. The van der Waals surface area contributed by atoms with Gasteiger partial charge in [-0.1, -0.05) is 48.5 Å². The monoisotopic (exact) mass is 291 g/mol. The average Bonchev–Trinajstić information content (AvgIpc) is 2.89. The smallest absolute Gasteiger partial charge is 0.00980 e. The summed E-state index contributed by atoms with van der Waals surface area (Å²) in [5, 5.41) is 0. The third kappa shape index (κ3) is 2.19. The largest absolute Gasteiger partial charge is 0.306 e. The first kappa shape index (κ1) is 14.0. The normalized spacial score (nSPS) is 26.8. The van der Waals surface area contributed by atoms with Crippen molar-refractivity contribution in [2.24, 2.45) is 0 Å². The van der Waals surface area contributed by atoms with E-state index in [1.54, 1.807) is 16.7 Å². The zero-order chi connectivity index (χ0) is 15.2. The summed E-state index contributed by atoms with van der Waals surface area (Å²) in [4.78, 5) is 2.42. The minimum atomic E-state index is 0.345. The summed E-state index contributed by atoms with van der Waals surface area (Å²) in [5.74, 6) is 0. The standard InChI is InChI=1S/C21H25N/c1-22(2)19-11-12-21(15-19)14-18-9-4-3-7-16(18)13-17-8-5-6-10-20(17)21/h3-10,19H,11-15H2,1-2H3/t19-,21?/m0/s1. The van der Waals surface area contributed by atoms with Crippen LogP contribution in [-0.2, 0) is 18.3 Å². The number of rotatable bonds is 1. The van der Waals surface area contributed by atoms with Gasteiger partial charge < -0.3 is 4.90 Å². The van der Waals surface area contributed by atoms with Crippen LogP contribution in [0.4, 0.5) is 0 Å². The lowest BCUT2D eigenvalue weighted by molar-refractivity contribution is 0.282. The highest BCUT2D eigenvalue weighted by atomic mass is 15.1. The molecule has 0 saturated heterocycles. The van der Waals surface area contributed by atoms with E-state index in [0.717, 1.165) is 12.5 Å². The van der Waals surface area contributed by atoms with Gasteiger partial charge >= 0.3 is 0 Å². The molecule has 0 aliphatic heterocycles. The lowest BCUT2D eigenvalue weighted by Gasteiger charge is -2.32. The molecule has 22 heavy (non-hydrogen) atoms. The zero-order valence-corrected chi connectivity index (χ0v) is 13.7. The lowest BCUT2D eigenvalue weighted by Crippen LogP contribution is -2.31. The predicted octanol–water partition coefficient (Wildman–Crippen LogP) is 4.19. The molecule has 0 N–H and O–H groups in total. The van der Waals surface area contributed by atoms with E-state index in [1.165, 1.54) is 31.2 Å². The van der Waals surface area contributed by atoms with Crippen LogP contribution in [0.15, 0.2) is 48.5 Å². The third-order valence-corrected chi connectivity index (χ3v) is 5.93. The van der Waals surface area contributed by atoms with E-state index in [2.05, 4.69) is 67.5 Å². The molecule has 0 bridgehead atoms. The molecule has 114 valence electrons. The van der Waals surface area contributed by atoms with Crippen LogP contribution >= 0.6 is 0 Å². The van der Waals surface area contributed by atoms with Crippen LogP contribution in [0.3, 0.4) is 0 Å². The number of hydrogen-bond donors (Lipinski definition) is 0. The van der Waals surface area contributed by atoms with Crippen molar-refractivity contribution in [3.05, 3.63) is 70.8 Å². The third-order valence-electron chi connectivity index (χ3n) is 5.93. The molecular weight excluding hydrogens is 266 g/mol. The molecule has 2 aromatic rings. The number of benzene rings is 2. The summed E-state index contributed by atoms with van der Waals surface area (Å²) in [6.07, 6.45) is 6.25. The molecule has 1 fully saturated rings. The van der Waals surface area contributed by atoms with Crippen molar-refractivity contribution < 1.29 is 0 Å². The van der Waals surface area contributed by atoms with Gasteiger partial charge in [0.15, 0.2) is 0 Å². The van der Waals surface area contributed by atoms with Gasteiger partial charge in [-0.25, -0.2) is 0 Å². The quantitative estimate of drug-likeness (QED) is 0.761. The van der Waals surface area contributed by atoms with Gasteiger partial charge in [-0.05, 0) is 68.5 Å². The topological polar surface area (TPSA) is 3.24 Å². The molecule has 0 amide bonds. The summed E-state index contributed by atoms with van der Waals surface area (Å²) in [6, 6.07) is 19.0. The van der Waals surface area contributed by atoms with Crippen molar-refractivity contribution >= 4 is 0 Å². The number of hydrogen-bond acceptors (Lipinski definition) is 1. The van der Waals surface area contributed by atoms with Gasteiger partial charge in [0.25, 0.3) is 0 Å². The maximum atomic E-state index is 2.42. The van der Waals surface area contributed by atoms with Gasteiger partial charge in [-0.2, -0.15) is 0 Å².